The Morgan fingerprint density at radius 1 is 0.571 bits per heavy atom. The molecule has 0 radical (unpaired) electrons. The second-order valence-electron chi connectivity index (χ2n) is 15.2. The highest BCUT2D eigenvalue weighted by atomic mass is 16.5. The first-order valence-corrected chi connectivity index (χ1v) is 18.8. The molecule has 2 aliphatic carbocycles. The molecule has 0 atom stereocenters. The Kier molecular flexibility index (Phi) is 10.3. The molecule has 6 aromatic rings. The molecule has 284 valence electrons. The second kappa shape index (κ2) is 15.1. The van der Waals surface area contributed by atoms with Gasteiger partial charge in [0.15, 0.2) is 11.6 Å². The van der Waals surface area contributed by atoms with Crippen LogP contribution < -0.4 is 9.47 Å². The Hall–Kier alpha value is -6.22. The quantitative estimate of drug-likeness (QED) is 0.121. The average molecular weight is 749 g/mol. The van der Waals surface area contributed by atoms with Gasteiger partial charge in [-0.25, -0.2) is 0 Å². The number of carbonyl (C=O) groups is 4. The summed E-state index contributed by atoms with van der Waals surface area (Å²) < 4.78 is 12.1. The Morgan fingerprint density at radius 2 is 0.946 bits per heavy atom. The molecule has 1 N–H and O–H groups in total. The van der Waals surface area contributed by atoms with Gasteiger partial charge in [0.2, 0.25) is 0 Å². The number of aliphatic carboxylic acids is 1. The number of ether oxygens (including phenoxy) is 2. The van der Waals surface area contributed by atoms with Crippen molar-refractivity contribution in [3.05, 3.63) is 131 Å². The Labute approximate surface area is 325 Å². The lowest BCUT2D eigenvalue weighted by atomic mass is 9.92. The number of aryl methyl sites for hydroxylation is 4. The summed E-state index contributed by atoms with van der Waals surface area (Å²) in [6.45, 7) is 9.78. The van der Waals surface area contributed by atoms with Gasteiger partial charge >= 0.3 is 5.97 Å². The summed E-state index contributed by atoms with van der Waals surface area (Å²) in [5, 5.41) is 11.2. The van der Waals surface area contributed by atoms with Gasteiger partial charge in [0.25, 0.3) is 0 Å². The number of rotatable bonds is 12. The summed E-state index contributed by atoms with van der Waals surface area (Å²) in [7, 11) is 0. The van der Waals surface area contributed by atoms with Crippen LogP contribution in [0.4, 0.5) is 0 Å². The first-order valence-electron chi connectivity index (χ1n) is 18.8. The summed E-state index contributed by atoms with van der Waals surface area (Å²) in [5.74, 6) is 1.63. The number of hydrogen-bond donors (Lipinski definition) is 1. The largest absolute Gasteiger partial charge is 0.480 e. The fourth-order valence-electron chi connectivity index (χ4n) is 6.94. The highest BCUT2D eigenvalue weighted by Gasteiger charge is 2.56. The van der Waals surface area contributed by atoms with E-state index in [2.05, 4.69) is 55.9 Å². The van der Waals surface area contributed by atoms with Crippen molar-refractivity contribution in [1.29, 1.82) is 0 Å². The Morgan fingerprint density at radius 3 is 1.30 bits per heavy atom. The Bertz CT molecular complexity index is 2340. The number of aromatic nitrogens is 2. The molecule has 2 heterocycles. The summed E-state index contributed by atoms with van der Waals surface area (Å²) in [6, 6.07) is 26.7. The molecule has 9 nitrogen and oxygen atoms in total. The standard InChI is InChI=1S/C24H23NO3.C23H21NO4/c1-15-12-20-21(13-16(15)2)25-11-8-22(20)28-19-6-4-18(5-7-19)14-23(27)24(9-10-24)17(3)26;1-14-11-18-19(12-15(14)2)24-10-7-20(18)28-17-5-3-16(4-6-17)13-21(25)23(8-9-23)22(26)27/h4-8,11-13H,9-10,14H2,1-3H3;3-7,10-12H,8-9,13H2,1-2H3,(H,26,27). The van der Waals surface area contributed by atoms with E-state index in [1.54, 1.807) is 24.5 Å². The van der Waals surface area contributed by atoms with Crippen LogP contribution in [-0.2, 0) is 32.0 Å². The fourth-order valence-corrected chi connectivity index (χ4v) is 6.94. The molecular weight excluding hydrogens is 705 g/mol. The van der Waals surface area contributed by atoms with Gasteiger partial charge in [0.05, 0.1) is 16.4 Å². The number of fused-ring (bicyclic) bond motifs is 2. The second-order valence-corrected chi connectivity index (χ2v) is 15.2. The maximum atomic E-state index is 12.5. The van der Waals surface area contributed by atoms with Gasteiger partial charge in [-0.2, -0.15) is 0 Å². The van der Waals surface area contributed by atoms with Crippen LogP contribution in [0.15, 0.2) is 97.3 Å². The van der Waals surface area contributed by atoms with Gasteiger partial charge in [0.1, 0.15) is 34.2 Å². The van der Waals surface area contributed by atoms with Gasteiger partial charge in [-0.1, -0.05) is 24.3 Å². The molecule has 4 aromatic carbocycles. The summed E-state index contributed by atoms with van der Waals surface area (Å²) in [4.78, 5) is 56.6. The topological polar surface area (TPSA) is 133 Å². The van der Waals surface area contributed by atoms with Crippen LogP contribution in [0.3, 0.4) is 0 Å². The molecule has 2 aliphatic rings. The van der Waals surface area contributed by atoms with Crippen LogP contribution in [0.2, 0.25) is 0 Å². The number of benzene rings is 4. The van der Waals surface area contributed by atoms with Crippen LogP contribution in [0.25, 0.3) is 21.8 Å². The smallest absolute Gasteiger partial charge is 0.317 e. The fraction of sp³-hybridized carbons (Fsp3) is 0.277. The van der Waals surface area contributed by atoms with Crippen molar-refractivity contribution < 1.29 is 33.8 Å². The normalized spacial score (nSPS) is 14.7. The molecule has 2 fully saturated rings. The van der Waals surface area contributed by atoms with Gasteiger partial charge < -0.3 is 14.6 Å². The first-order chi connectivity index (χ1) is 26.8. The number of carboxylic acid groups (broad SMARTS) is 1. The van der Waals surface area contributed by atoms with Crippen molar-refractivity contribution in [2.24, 2.45) is 10.8 Å². The lowest BCUT2D eigenvalue weighted by molar-refractivity contribution is -0.148. The van der Waals surface area contributed by atoms with Crippen molar-refractivity contribution in [3.63, 3.8) is 0 Å². The van der Waals surface area contributed by atoms with Gasteiger partial charge in [-0.15, -0.1) is 0 Å². The van der Waals surface area contributed by atoms with E-state index in [0.29, 0.717) is 37.2 Å². The third-order valence-electron chi connectivity index (χ3n) is 11.3. The maximum absolute atomic E-state index is 12.5. The number of nitrogens with zero attached hydrogens (tertiary/aromatic N) is 2. The summed E-state index contributed by atoms with van der Waals surface area (Å²) in [5.41, 5.74) is 6.36. The van der Waals surface area contributed by atoms with Crippen LogP contribution in [0.1, 0.15) is 66.0 Å². The minimum Gasteiger partial charge on any atom is -0.480 e. The molecule has 0 aliphatic heterocycles. The van der Waals surface area contributed by atoms with Crippen molar-refractivity contribution in [2.45, 2.75) is 73.1 Å². The van der Waals surface area contributed by atoms with E-state index in [-0.39, 0.29) is 30.2 Å². The average Bonchev–Trinajstić information content (AvgIpc) is 4.10. The van der Waals surface area contributed by atoms with Crippen molar-refractivity contribution in [3.8, 4) is 23.0 Å². The third-order valence-corrected chi connectivity index (χ3v) is 11.3. The van der Waals surface area contributed by atoms with E-state index in [1.807, 2.05) is 54.6 Å². The maximum Gasteiger partial charge on any atom is 0.317 e. The molecule has 0 amide bonds. The van der Waals surface area contributed by atoms with E-state index < -0.39 is 16.8 Å². The highest BCUT2D eigenvalue weighted by Crippen LogP contribution is 2.48. The number of Topliss-reactive ketones (excluding diaryl/α,β-unsaturated/α-hetero) is 3. The molecule has 8 rings (SSSR count). The van der Waals surface area contributed by atoms with E-state index in [1.165, 1.54) is 29.2 Å². The zero-order valence-electron chi connectivity index (χ0n) is 32.3. The van der Waals surface area contributed by atoms with Crippen LogP contribution in [-0.4, -0.2) is 38.4 Å². The Balaban J connectivity index is 0.000000172. The van der Waals surface area contributed by atoms with Gasteiger partial charge in [-0.05, 0) is 154 Å². The SMILES string of the molecule is CC(=O)C1(C(=O)Cc2ccc(Oc3ccnc4cc(C)c(C)cc34)cc2)CC1.Cc1cc2nccc(Oc3ccc(CC(=O)C4(C(=O)O)CC4)cc3)c2cc1C. The number of pyridine rings is 2. The van der Waals surface area contributed by atoms with Gasteiger partial charge in [0, 0.05) is 36.0 Å². The molecule has 0 bridgehead atoms. The van der Waals surface area contributed by atoms with E-state index in [9.17, 15) is 24.3 Å². The van der Waals surface area contributed by atoms with Crippen molar-refractivity contribution >= 4 is 45.1 Å². The molecule has 9 heteroatoms. The number of hydrogen-bond acceptors (Lipinski definition) is 8. The molecule has 2 aromatic heterocycles. The van der Waals surface area contributed by atoms with Crippen molar-refractivity contribution in [2.75, 3.05) is 0 Å². The zero-order valence-corrected chi connectivity index (χ0v) is 32.3. The minimum absolute atomic E-state index is 0.00690. The monoisotopic (exact) mass is 748 g/mol. The number of ketones is 3. The lowest BCUT2D eigenvalue weighted by Gasteiger charge is -2.12. The third kappa shape index (κ3) is 7.80. The molecule has 2 saturated carbocycles. The molecule has 0 spiro atoms. The van der Waals surface area contributed by atoms with Crippen LogP contribution in [0.5, 0.6) is 23.0 Å². The van der Waals surface area contributed by atoms with E-state index in [0.717, 1.165) is 44.4 Å². The molecule has 0 unspecified atom stereocenters. The zero-order chi connectivity index (χ0) is 39.8. The van der Waals surface area contributed by atoms with Crippen LogP contribution >= 0.6 is 0 Å². The summed E-state index contributed by atoms with van der Waals surface area (Å²) >= 11 is 0. The summed E-state index contributed by atoms with van der Waals surface area (Å²) in [6.07, 6.45) is 6.15. The molecule has 0 saturated heterocycles. The first kappa shape index (κ1) is 38.1. The molecular formula is C47H44N2O7. The molecule has 56 heavy (non-hydrogen) atoms. The predicted octanol–water partition coefficient (Wildman–Crippen LogP) is 9.75. The van der Waals surface area contributed by atoms with Crippen molar-refractivity contribution in [1.82, 2.24) is 9.97 Å². The number of carbonyl (C=O) groups excluding carboxylic acids is 3. The predicted molar refractivity (Wildman–Crippen MR) is 215 cm³/mol. The van der Waals surface area contributed by atoms with E-state index in [4.69, 9.17) is 9.47 Å². The van der Waals surface area contributed by atoms with Crippen LogP contribution in [0, 0.1) is 38.5 Å². The van der Waals surface area contributed by atoms with Gasteiger partial charge in [-0.3, -0.25) is 29.1 Å². The minimum atomic E-state index is -1.15. The number of carboxylic acids is 1. The van der Waals surface area contributed by atoms with E-state index >= 15 is 0 Å². The lowest BCUT2D eigenvalue weighted by Crippen LogP contribution is -2.26. The highest BCUT2D eigenvalue weighted by molar-refractivity contribution is 6.09.